The van der Waals surface area contributed by atoms with Crippen LogP contribution in [-0.4, -0.2) is 21.6 Å². The Morgan fingerprint density at radius 3 is 2.89 bits per heavy atom. The highest BCUT2D eigenvalue weighted by Gasteiger charge is 2.42. The van der Waals surface area contributed by atoms with E-state index in [-0.39, 0.29) is 5.60 Å². The Morgan fingerprint density at radius 1 is 1.89 bits per heavy atom. The molecule has 1 aliphatic heterocycles. The van der Waals surface area contributed by atoms with E-state index in [4.69, 9.17) is 4.74 Å². The number of hydrogen-bond acceptors (Lipinski definition) is 2. The molecule has 1 saturated heterocycles. The van der Waals surface area contributed by atoms with Crippen LogP contribution in [0.25, 0.3) is 0 Å². The van der Waals surface area contributed by atoms with Crippen LogP contribution in [0.1, 0.15) is 6.42 Å². The molecule has 0 saturated carbocycles. The van der Waals surface area contributed by atoms with Crippen molar-refractivity contribution in [1.29, 1.82) is 0 Å². The van der Waals surface area contributed by atoms with Crippen LogP contribution in [0.2, 0.25) is 6.04 Å². The van der Waals surface area contributed by atoms with Crippen LogP contribution in [0.4, 0.5) is 0 Å². The second kappa shape index (κ2) is 2.54. The van der Waals surface area contributed by atoms with Gasteiger partial charge in [-0.15, -0.1) is 6.58 Å². The van der Waals surface area contributed by atoms with E-state index in [1.807, 2.05) is 6.08 Å². The summed E-state index contributed by atoms with van der Waals surface area (Å²) in [4.78, 5) is 0. The summed E-state index contributed by atoms with van der Waals surface area (Å²) in [5, 5.41) is 0. The SMILES string of the molecule is C=CCC1(C[SiH]=O)CO1. The molecular formula is C6H10O2Si. The number of hydrogen-bond donors (Lipinski definition) is 0. The Bertz CT molecular complexity index is 117. The normalized spacial score (nSPS) is 31.6. The molecule has 0 aliphatic carbocycles. The second-order valence-corrected chi connectivity index (χ2v) is 3.08. The van der Waals surface area contributed by atoms with Crippen LogP contribution in [0, 0.1) is 0 Å². The average molecular weight is 142 g/mol. The second-order valence-electron chi connectivity index (χ2n) is 2.34. The van der Waals surface area contributed by atoms with Crippen molar-refractivity contribution in [3.8, 4) is 0 Å². The maximum absolute atomic E-state index is 10.2. The highest BCUT2D eigenvalue weighted by Crippen LogP contribution is 2.34. The van der Waals surface area contributed by atoms with E-state index in [2.05, 4.69) is 6.58 Å². The van der Waals surface area contributed by atoms with Crippen LogP contribution in [-0.2, 0) is 9.20 Å². The summed E-state index contributed by atoms with van der Waals surface area (Å²) in [6.45, 7) is 4.37. The summed E-state index contributed by atoms with van der Waals surface area (Å²) in [5.74, 6) is 0. The molecule has 0 aromatic carbocycles. The fraction of sp³-hybridized carbons (Fsp3) is 0.667. The lowest BCUT2D eigenvalue weighted by Crippen LogP contribution is -2.08. The molecule has 0 bridgehead atoms. The van der Waals surface area contributed by atoms with Gasteiger partial charge in [-0.2, -0.15) is 0 Å². The number of epoxide rings is 1. The van der Waals surface area contributed by atoms with E-state index < -0.39 is 9.41 Å². The summed E-state index contributed by atoms with van der Waals surface area (Å²) in [6, 6.07) is 0.721. The summed E-state index contributed by atoms with van der Waals surface area (Å²) >= 11 is 0. The van der Waals surface area contributed by atoms with Crippen molar-refractivity contribution >= 4 is 9.41 Å². The van der Waals surface area contributed by atoms with Gasteiger partial charge in [0.05, 0.1) is 12.2 Å². The van der Waals surface area contributed by atoms with E-state index in [0.29, 0.717) is 0 Å². The molecule has 0 aromatic heterocycles. The Hall–Kier alpha value is -0.283. The molecule has 9 heavy (non-hydrogen) atoms. The topological polar surface area (TPSA) is 29.6 Å². The Morgan fingerprint density at radius 2 is 2.56 bits per heavy atom. The summed E-state index contributed by atoms with van der Waals surface area (Å²) in [7, 11) is -0.656. The van der Waals surface area contributed by atoms with Crippen LogP contribution in [0.3, 0.4) is 0 Å². The first kappa shape index (κ1) is 6.83. The van der Waals surface area contributed by atoms with Gasteiger partial charge in [0.15, 0.2) is 0 Å². The van der Waals surface area contributed by atoms with Gasteiger partial charge in [-0.25, -0.2) is 0 Å². The van der Waals surface area contributed by atoms with Crippen LogP contribution in [0.15, 0.2) is 12.7 Å². The van der Waals surface area contributed by atoms with Crippen molar-refractivity contribution in [1.82, 2.24) is 0 Å². The lowest BCUT2D eigenvalue weighted by atomic mass is 10.1. The molecule has 1 unspecified atom stereocenters. The zero-order chi connectivity index (χ0) is 6.74. The van der Waals surface area contributed by atoms with E-state index in [1.165, 1.54) is 0 Å². The lowest BCUT2D eigenvalue weighted by Gasteiger charge is -2.00. The van der Waals surface area contributed by atoms with E-state index >= 15 is 0 Å². The third-order valence-electron chi connectivity index (χ3n) is 1.52. The van der Waals surface area contributed by atoms with Crippen molar-refractivity contribution in [2.45, 2.75) is 18.1 Å². The van der Waals surface area contributed by atoms with Crippen LogP contribution >= 0.6 is 0 Å². The third kappa shape index (κ3) is 1.56. The molecule has 1 fully saturated rings. The summed E-state index contributed by atoms with van der Waals surface area (Å²) < 4.78 is 15.4. The maximum atomic E-state index is 10.2. The Labute approximate surface area is 56.8 Å². The molecule has 0 amide bonds. The predicted octanol–water partition coefficient (Wildman–Crippen LogP) is 0.532. The van der Waals surface area contributed by atoms with Gasteiger partial charge in [0, 0.05) is 6.04 Å². The Balaban J connectivity index is 2.32. The van der Waals surface area contributed by atoms with Gasteiger partial charge < -0.3 is 9.20 Å². The zero-order valence-corrected chi connectivity index (χ0v) is 6.45. The largest absolute Gasteiger partial charge is 0.392 e. The molecule has 1 aliphatic rings. The fourth-order valence-corrected chi connectivity index (χ4v) is 1.54. The van der Waals surface area contributed by atoms with Gasteiger partial charge in [0.25, 0.3) is 9.41 Å². The summed E-state index contributed by atoms with van der Waals surface area (Å²) in [6.07, 6.45) is 2.67. The van der Waals surface area contributed by atoms with Crippen molar-refractivity contribution < 1.29 is 9.20 Å². The fourth-order valence-electron chi connectivity index (χ4n) is 0.836. The number of ether oxygens (including phenoxy) is 1. The van der Waals surface area contributed by atoms with Gasteiger partial charge in [0.1, 0.15) is 0 Å². The molecule has 1 atom stereocenters. The van der Waals surface area contributed by atoms with Crippen molar-refractivity contribution in [3.63, 3.8) is 0 Å². The highest BCUT2D eigenvalue weighted by molar-refractivity contribution is 6.17. The van der Waals surface area contributed by atoms with Gasteiger partial charge in [-0.1, -0.05) is 6.08 Å². The zero-order valence-electron chi connectivity index (χ0n) is 5.30. The van der Waals surface area contributed by atoms with E-state index in [9.17, 15) is 4.46 Å². The molecule has 0 radical (unpaired) electrons. The average Bonchev–Trinajstić information content (AvgIpc) is 2.51. The molecule has 0 spiro atoms. The minimum atomic E-state index is -0.656. The van der Waals surface area contributed by atoms with E-state index in [1.54, 1.807) is 0 Å². The molecule has 0 aromatic rings. The molecule has 1 heterocycles. The quantitative estimate of drug-likeness (QED) is 0.325. The standard InChI is InChI=1S/C6H10O2Si/c1-2-3-6(4-8-6)5-9-7/h2,9H,1,3-5H2. The van der Waals surface area contributed by atoms with Crippen molar-refractivity contribution in [2.24, 2.45) is 0 Å². The monoisotopic (exact) mass is 142 g/mol. The number of rotatable bonds is 4. The first-order valence-corrected chi connectivity index (χ1v) is 4.30. The lowest BCUT2D eigenvalue weighted by molar-refractivity contribution is 0.323. The minimum Gasteiger partial charge on any atom is -0.392 e. The molecule has 1 rings (SSSR count). The molecule has 3 heteroatoms. The first-order valence-electron chi connectivity index (χ1n) is 3.01. The van der Waals surface area contributed by atoms with Gasteiger partial charge >= 0.3 is 0 Å². The van der Waals surface area contributed by atoms with Crippen molar-refractivity contribution in [3.05, 3.63) is 12.7 Å². The van der Waals surface area contributed by atoms with E-state index in [0.717, 1.165) is 19.1 Å². The maximum Gasteiger partial charge on any atom is 0.264 e. The van der Waals surface area contributed by atoms with Crippen molar-refractivity contribution in [2.75, 3.05) is 6.61 Å². The smallest absolute Gasteiger partial charge is 0.264 e. The van der Waals surface area contributed by atoms with Crippen LogP contribution in [0.5, 0.6) is 0 Å². The minimum absolute atomic E-state index is 0.0428. The predicted molar refractivity (Wildman–Crippen MR) is 36.1 cm³/mol. The highest BCUT2D eigenvalue weighted by atomic mass is 28.2. The van der Waals surface area contributed by atoms with Gasteiger partial charge in [-0.3, -0.25) is 0 Å². The van der Waals surface area contributed by atoms with Gasteiger partial charge in [0.2, 0.25) is 0 Å². The first-order chi connectivity index (χ1) is 4.33. The van der Waals surface area contributed by atoms with Crippen LogP contribution < -0.4 is 0 Å². The molecule has 50 valence electrons. The molecular weight excluding hydrogens is 132 g/mol. The third-order valence-corrected chi connectivity index (χ3v) is 2.43. The van der Waals surface area contributed by atoms with Gasteiger partial charge in [-0.05, 0) is 6.42 Å². The molecule has 0 N–H and O–H groups in total. The summed E-state index contributed by atoms with van der Waals surface area (Å²) in [5.41, 5.74) is -0.0428. The Kier molecular flexibility index (Phi) is 1.93. The molecule has 2 nitrogen and oxygen atoms in total.